The van der Waals surface area contributed by atoms with E-state index in [2.05, 4.69) is 28.8 Å². The molecule has 2 aliphatic rings. The molecule has 1 unspecified atom stereocenters. The summed E-state index contributed by atoms with van der Waals surface area (Å²) in [5, 5.41) is 5.70. The third-order valence-corrected chi connectivity index (χ3v) is 5.41. The molecular formula is C20H29N3O3. The zero-order valence-electron chi connectivity index (χ0n) is 16.1. The Labute approximate surface area is 155 Å². The molecule has 0 saturated carbocycles. The van der Waals surface area contributed by atoms with Crippen LogP contribution in [0.5, 0.6) is 0 Å². The van der Waals surface area contributed by atoms with Gasteiger partial charge < -0.3 is 20.3 Å². The summed E-state index contributed by atoms with van der Waals surface area (Å²) < 4.78 is 5.51. The third kappa shape index (κ3) is 3.64. The van der Waals surface area contributed by atoms with Crippen LogP contribution in [0.2, 0.25) is 0 Å². The van der Waals surface area contributed by atoms with E-state index in [0.29, 0.717) is 13.1 Å². The number of urea groups is 1. The fourth-order valence-corrected chi connectivity index (χ4v) is 4.17. The van der Waals surface area contributed by atoms with Gasteiger partial charge in [-0.05, 0) is 51.2 Å². The SMILES string of the molecule is CNC(=O)NC1CC2(CCN(C(=O)OC(C)(C)C)CC2)c2ccccc21. The number of carbonyl (C=O) groups is 2. The van der Waals surface area contributed by atoms with Crippen LogP contribution >= 0.6 is 0 Å². The quantitative estimate of drug-likeness (QED) is 0.808. The number of rotatable bonds is 1. The summed E-state index contributed by atoms with van der Waals surface area (Å²) in [6.07, 6.45) is 2.41. The molecule has 1 fully saturated rings. The lowest BCUT2D eigenvalue weighted by molar-refractivity contribution is 0.0161. The molecule has 0 radical (unpaired) electrons. The van der Waals surface area contributed by atoms with Crippen molar-refractivity contribution < 1.29 is 14.3 Å². The number of nitrogens with one attached hydrogen (secondary N) is 2. The highest BCUT2D eigenvalue weighted by molar-refractivity contribution is 5.74. The van der Waals surface area contributed by atoms with Crippen LogP contribution in [0.1, 0.15) is 57.2 Å². The van der Waals surface area contributed by atoms with Crippen LogP contribution < -0.4 is 10.6 Å². The number of fused-ring (bicyclic) bond motifs is 2. The summed E-state index contributed by atoms with van der Waals surface area (Å²) in [7, 11) is 1.63. The number of hydrogen-bond donors (Lipinski definition) is 2. The molecule has 142 valence electrons. The Bertz CT molecular complexity index is 688. The van der Waals surface area contributed by atoms with Gasteiger partial charge >= 0.3 is 12.1 Å². The predicted molar refractivity (Wildman–Crippen MR) is 100 cm³/mol. The zero-order chi connectivity index (χ0) is 18.9. The smallest absolute Gasteiger partial charge is 0.410 e. The van der Waals surface area contributed by atoms with E-state index in [0.717, 1.165) is 19.3 Å². The highest BCUT2D eigenvalue weighted by atomic mass is 16.6. The van der Waals surface area contributed by atoms with E-state index in [1.807, 2.05) is 26.8 Å². The number of benzene rings is 1. The van der Waals surface area contributed by atoms with E-state index >= 15 is 0 Å². The molecule has 1 aromatic rings. The number of likely N-dealkylation sites (tertiary alicyclic amines) is 1. The van der Waals surface area contributed by atoms with Crippen LogP contribution in [0.4, 0.5) is 9.59 Å². The summed E-state index contributed by atoms with van der Waals surface area (Å²) in [4.78, 5) is 26.0. The van der Waals surface area contributed by atoms with E-state index < -0.39 is 5.60 Å². The van der Waals surface area contributed by atoms with Gasteiger partial charge in [-0.1, -0.05) is 24.3 Å². The monoisotopic (exact) mass is 359 g/mol. The zero-order valence-corrected chi connectivity index (χ0v) is 16.1. The number of piperidine rings is 1. The van der Waals surface area contributed by atoms with Crippen LogP contribution in [-0.4, -0.2) is 42.8 Å². The van der Waals surface area contributed by atoms with Crippen LogP contribution in [0.15, 0.2) is 24.3 Å². The Morgan fingerprint density at radius 1 is 1.19 bits per heavy atom. The van der Waals surface area contributed by atoms with Gasteiger partial charge in [0.1, 0.15) is 5.60 Å². The van der Waals surface area contributed by atoms with Gasteiger partial charge in [-0.25, -0.2) is 9.59 Å². The van der Waals surface area contributed by atoms with Gasteiger partial charge in [0.2, 0.25) is 0 Å². The van der Waals surface area contributed by atoms with Gasteiger partial charge in [0, 0.05) is 25.6 Å². The molecule has 1 atom stereocenters. The molecule has 3 rings (SSSR count). The van der Waals surface area contributed by atoms with Gasteiger partial charge in [0.15, 0.2) is 0 Å². The number of amides is 3. The minimum atomic E-state index is -0.477. The van der Waals surface area contributed by atoms with Crippen molar-refractivity contribution in [2.45, 2.75) is 57.1 Å². The first-order chi connectivity index (χ1) is 12.2. The summed E-state index contributed by atoms with van der Waals surface area (Å²) in [5.74, 6) is 0. The van der Waals surface area contributed by atoms with Crippen molar-refractivity contribution in [3.05, 3.63) is 35.4 Å². The molecule has 1 aliphatic heterocycles. The van der Waals surface area contributed by atoms with Gasteiger partial charge in [-0.15, -0.1) is 0 Å². The average molecular weight is 359 g/mol. The largest absolute Gasteiger partial charge is 0.444 e. The standard InChI is InChI=1S/C20H29N3O3/c1-19(2,3)26-18(25)23-11-9-20(10-12-23)13-16(22-17(24)21-4)14-7-5-6-8-15(14)20/h5-8,16H,9-13H2,1-4H3,(H2,21,22,24). The number of carbonyl (C=O) groups excluding carboxylic acids is 2. The van der Waals surface area contributed by atoms with Crippen molar-refractivity contribution in [1.29, 1.82) is 0 Å². The van der Waals surface area contributed by atoms with Crippen molar-refractivity contribution in [2.24, 2.45) is 0 Å². The average Bonchev–Trinajstić information content (AvgIpc) is 2.88. The van der Waals surface area contributed by atoms with Gasteiger partial charge in [0.25, 0.3) is 0 Å². The molecule has 6 heteroatoms. The van der Waals surface area contributed by atoms with Gasteiger partial charge in [-0.2, -0.15) is 0 Å². The molecule has 6 nitrogen and oxygen atoms in total. The Kier molecular flexibility index (Phi) is 4.86. The second-order valence-corrected chi connectivity index (χ2v) is 8.32. The lowest BCUT2D eigenvalue weighted by atomic mass is 9.73. The molecule has 1 aliphatic carbocycles. The van der Waals surface area contributed by atoms with Crippen molar-refractivity contribution in [3.8, 4) is 0 Å². The van der Waals surface area contributed by atoms with Crippen molar-refractivity contribution in [1.82, 2.24) is 15.5 Å². The summed E-state index contributed by atoms with van der Waals surface area (Å²) >= 11 is 0. The minimum Gasteiger partial charge on any atom is -0.444 e. The van der Waals surface area contributed by atoms with Gasteiger partial charge in [0.05, 0.1) is 6.04 Å². The number of nitrogens with zero attached hydrogens (tertiary/aromatic N) is 1. The molecule has 26 heavy (non-hydrogen) atoms. The maximum atomic E-state index is 12.3. The normalized spacial score (nSPS) is 21.2. The molecular weight excluding hydrogens is 330 g/mol. The highest BCUT2D eigenvalue weighted by Gasteiger charge is 2.46. The highest BCUT2D eigenvalue weighted by Crippen LogP contribution is 2.50. The first-order valence-electron chi connectivity index (χ1n) is 9.30. The van der Waals surface area contributed by atoms with Crippen LogP contribution in [-0.2, 0) is 10.2 Å². The van der Waals surface area contributed by atoms with E-state index in [4.69, 9.17) is 4.74 Å². The Morgan fingerprint density at radius 2 is 1.85 bits per heavy atom. The molecule has 1 heterocycles. The molecule has 0 aromatic heterocycles. The molecule has 3 amide bonds. The number of ether oxygens (including phenoxy) is 1. The second-order valence-electron chi connectivity index (χ2n) is 8.32. The minimum absolute atomic E-state index is 0.0132. The van der Waals surface area contributed by atoms with Crippen LogP contribution in [0, 0.1) is 0 Å². The third-order valence-electron chi connectivity index (χ3n) is 5.41. The van der Waals surface area contributed by atoms with E-state index in [9.17, 15) is 9.59 Å². The summed E-state index contributed by atoms with van der Waals surface area (Å²) in [5.41, 5.74) is 2.04. The lowest BCUT2D eigenvalue weighted by Crippen LogP contribution is -2.46. The topological polar surface area (TPSA) is 70.7 Å². The van der Waals surface area contributed by atoms with E-state index in [1.54, 1.807) is 11.9 Å². The lowest BCUT2D eigenvalue weighted by Gasteiger charge is -2.40. The molecule has 1 aromatic carbocycles. The molecule has 2 N–H and O–H groups in total. The summed E-state index contributed by atoms with van der Waals surface area (Å²) in [6.45, 7) is 7.02. The first kappa shape index (κ1) is 18.5. The Balaban J connectivity index is 1.74. The first-order valence-corrected chi connectivity index (χ1v) is 9.30. The Hall–Kier alpha value is -2.24. The fraction of sp³-hybridized carbons (Fsp3) is 0.600. The summed E-state index contributed by atoms with van der Waals surface area (Å²) in [6, 6.07) is 8.21. The second kappa shape index (κ2) is 6.82. The van der Waals surface area contributed by atoms with E-state index in [1.165, 1.54) is 11.1 Å². The van der Waals surface area contributed by atoms with Crippen molar-refractivity contribution in [3.63, 3.8) is 0 Å². The Morgan fingerprint density at radius 3 is 2.46 bits per heavy atom. The van der Waals surface area contributed by atoms with Crippen LogP contribution in [0.3, 0.4) is 0 Å². The molecule has 1 saturated heterocycles. The van der Waals surface area contributed by atoms with E-state index in [-0.39, 0.29) is 23.6 Å². The van der Waals surface area contributed by atoms with Crippen molar-refractivity contribution >= 4 is 12.1 Å². The van der Waals surface area contributed by atoms with Crippen molar-refractivity contribution in [2.75, 3.05) is 20.1 Å². The number of hydrogen-bond acceptors (Lipinski definition) is 3. The maximum Gasteiger partial charge on any atom is 0.410 e. The van der Waals surface area contributed by atoms with Gasteiger partial charge in [-0.3, -0.25) is 0 Å². The molecule has 1 spiro atoms. The maximum absolute atomic E-state index is 12.3. The fourth-order valence-electron chi connectivity index (χ4n) is 4.17. The van der Waals surface area contributed by atoms with Crippen LogP contribution in [0.25, 0.3) is 0 Å². The molecule has 0 bridgehead atoms. The predicted octanol–water partition coefficient (Wildman–Crippen LogP) is 3.33.